The molecule has 38 heavy (non-hydrogen) atoms. The lowest BCUT2D eigenvalue weighted by atomic mass is 10.1. The summed E-state index contributed by atoms with van der Waals surface area (Å²) in [6, 6.07) is 23.1. The van der Waals surface area contributed by atoms with Crippen LogP contribution in [0.15, 0.2) is 84.9 Å². The molecular formula is C28H18Cl4N2O4. The molecule has 0 saturated heterocycles. The fraction of sp³-hybridized carbons (Fsp3) is 0. The van der Waals surface area contributed by atoms with Crippen molar-refractivity contribution in [2.75, 3.05) is 0 Å². The van der Waals surface area contributed by atoms with E-state index < -0.39 is 9.85 Å². The molecule has 0 aromatic heterocycles. The Labute approximate surface area is 238 Å². The van der Waals surface area contributed by atoms with Crippen LogP contribution < -0.4 is 0 Å². The third kappa shape index (κ3) is 8.71. The number of non-ortho nitro benzene ring substituents is 2. The summed E-state index contributed by atoms with van der Waals surface area (Å²) >= 11 is 23.7. The van der Waals surface area contributed by atoms with Gasteiger partial charge in [0.2, 0.25) is 0 Å². The van der Waals surface area contributed by atoms with E-state index in [9.17, 15) is 20.2 Å². The quantitative estimate of drug-likeness (QED) is 0.127. The molecular weight excluding hydrogens is 570 g/mol. The van der Waals surface area contributed by atoms with E-state index in [0.717, 1.165) is 22.3 Å². The number of hydrogen-bond acceptors (Lipinski definition) is 4. The minimum Gasteiger partial charge on any atom is -0.258 e. The molecule has 0 aliphatic carbocycles. The average Bonchev–Trinajstić information content (AvgIpc) is 2.88. The Morgan fingerprint density at radius 1 is 0.526 bits per heavy atom. The fourth-order valence-corrected chi connectivity index (χ4v) is 4.07. The SMILES string of the molecule is O=[N+]([O-])c1cccc(/C=C/c2ccc(Cl)cc2Cl)c1.O=[N+]([O-])c1cccc(/C=C/c2ccc(Cl)cc2Cl)c1. The zero-order valence-electron chi connectivity index (χ0n) is 19.4. The lowest BCUT2D eigenvalue weighted by Gasteiger charge is -1.99. The lowest BCUT2D eigenvalue weighted by Crippen LogP contribution is -1.87. The van der Waals surface area contributed by atoms with Crippen LogP contribution in [0.3, 0.4) is 0 Å². The summed E-state index contributed by atoms with van der Waals surface area (Å²) in [7, 11) is 0. The van der Waals surface area contributed by atoms with Gasteiger partial charge in [-0.1, -0.05) is 107 Å². The first kappa shape index (κ1) is 28.9. The molecule has 4 aromatic carbocycles. The third-order valence-corrected chi connectivity index (χ3v) is 6.12. The molecule has 0 aliphatic heterocycles. The minimum atomic E-state index is -0.424. The van der Waals surface area contributed by atoms with Gasteiger partial charge in [-0.25, -0.2) is 0 Å². The maximum atomic E-state index is 10.7. The van der Waals surface area contributed by atoms with Crippen molar-refractivity contribution in [3.63, 3.8) is 0 Å². The first-order valence-corrected chi connectivity index (χ1v) is 12.4. The van der Waals surface area contributed by atoms with Crippen LogP contribution in [0.1, 0.15) is 22.3 Å². The van der Waals surface area contributed by atoms with Crippen molar-refractivity contribution in [2.45, 2.75) is 0 Å². The Balaban J connectivity index is 0.000000211. The molecule has 4 aromatic rings. The van der Waals surface area contributed by atoms with Gasteiger partial charge in [0.05, 0.1) is 9.85 Å². The van der Waals surface area contributed by atoms with Gasteiger partial charge in [-0.05, 0) is 46.5 Å². The first-order valence-electron chi connectivity index (χ1n) is 10.9. The van der Waals surface area contributed by atoms with Crippen LogP contribution in [0, 0.1) is 20.2 Å². The van der Waals surface area contributed by atoms with Crippen LogP contribution in [-0.2, 0) is 0 Å². The van der Waals surface area contributed by atoms with Crippen LogP contribution in [0.25, 0.3) is 24.3 Å². The summed E-state index contributed by atoms with van der Waals surface area (Å²) in [6.07, 6.45) is 7.11. The zero-order chi connectivity index (χ0) is 27.7. The van der Waals surface area contributed by atoms with E-state index in [1.165, 1.54) is 24.3 Å². The smallest absolute Gasteiger partial charge is 0.258 e. The second kappa shape index (κ2) is 13.7. The van der Waals surface area contributed by atoms with Crippen LogP contribution in [0.5, 0.6) is 0 Å². The van der Waals surface area contributed by atoms with E-state index in [-0.39, 0.29) is 11.4 Å². The monoisotopic (exact) mass is 586 g/mol. The summed E-state index contributed by atoms with van der Waals surface area (Å²) in [4.78, 5) is 20.5. The molecule has 0 aliphatic rings. The first-order chi connectivity index (χ1) is 18.1. The molecule has 0 amide bonds. The molecule has 192 valence electrons. The van der Waals surface area contributed by atoms with Gasteiger partial charge >= 0.3 is 0 Å². The summed E-state index contributed by atoms with van der Waals surface area (Å²) in [5.41, 5.74) is 3.20. The Kier molecular flexibility index (Phi) is 10.4. The van der Waals surface area contributed by atoms with E-state index in [2.05, 4.69) is 0 Å². The molecule has 0 N–H and O–H groups in total. The van der Waals surface area contributed by atoms with Crippen molar-refractivity contribution in [3.8, 4) is 0 Å². The summed E-state index contributed by atoms with van der Waals surface area (Å²) in [5.74, 6) is 0. The van der Waals surface area contributed by atoms with E-state index >= 15 is 0 Å². The van der Waals surface area contributed by atoms with Crippen molar-refractivity contribution >= 4 is 82.1 Å². The normalized spacial score (nSPS) is 10.8. The van der Waals surface area contributed by atoms with Gasteiger partial charge < -0.3 is 0 Å². The highest BCUT2D eigenvalue weighted by Crippen LogP contribution is 2.25. The molecule has 0 bridgehead atoms. The molecule has 4 rings (SSSR count). The van der Waals surface area contributed by atoms with E-state index in [4.69, 9.17) is 46.4 Å². The molecule has 10 heteroatoms. The zero-order valence-corrected chi connectivity index (χ0v) is 22.5. The number of halogens is 4. The van der Waals surface area contributed by atoms with Crippen LogP contribution in [0.2, 0.25) is 20.1 Å². The highest BCUT2D eigenvalue weighted by atomic mass is 35.5. The van der Waals surface area contributed by atoms with E-state index in [1.807, 2.05) is 0 Å². The van der Waals surface area contributed by atoms with Gasteiger partial charge in [0.1, 0.15) is 0 Å². The highest BCUT2D eigenvalue weighted by molar-refractivity contribution is 6.36. The molecule has 0 radical (unpaired) electrons. The maximum Gasteiger partial charge on any atom is 0.270 e. The molecule has 0 heterocycles. The second-order valence-electron chi connectivity index (χ2n) is 7.70. The number of rotatable bonds is 6. The predicted molar refractivity (Wildman–Crippen MR) is 157 cm³/mol. The largest absolute Gasteiger partial charge is 0.270 e. The van der Waals surface area contributed by atoms with Crippen molar-refractivity contribution in [3.05, 3.63) is 148 Å². The van der Waals surface area contributed by atoms with E-state index in [0.29, 0.717) is 20.1 Å². The van der Waals surface area contributed by atoms with Gasteiger partial charge in [-0.2, -0.15) is 0 Å². The van der Waals surface area contributed by atoms with Gasteiger partial charge in [0, 0.05) is 44.4 Å². The summed E-state index contributed by atoms with van der Waals surface area (Å²) in [6.45, 7) is 0. The average molecular weight is 588 g/mol. The Hall–Kier alpha value is -3.68. The molecule has 0 unspecified atom stereocenters. The van der Waals surface area contributed by atoms with Crippen LogP contribution in [0.4, 0.5) is 11.4 Å². The van der Waals surface area contributed by atoms with Crippen molar-refractivity contribution in [2.24, 2.45) is 0 Å². The third-order valence-electron chi connectivity index (χ3n) is 5.00. The maximum absolute atomic E-state index is 10.7. The van der Waals surface area contributed by atoms with Crippen molar-refractivity contribution in [1.29, 1.82) is 0 Å². The summed E-state index contributed by atoms with van der Waals surface area (Å²) < 4.78 is 0. The Morgan fingerprint density at radius 2 is 0.921 bits per heavy atom. The number of nitrogens with zero attached hydrogens (tertiary/aromatic N) is 2. The van der Waals surface area contributed by atoms with Gasteiger partial charge in [0.25, 0.3) is 11.4 Å². The predicted octanol–water partition coefficient (Wildman–Crippen LogP) is 10.1. The van der Waals surface area contributed by atoms with Crippen molar-refractivity contribution in [1.82, 2.24) is 0 Å². The highest BCUT2D eigenvalue weighted by Gasteiger charge is 2.05. The van der Waals surface area contributed by atoms with Gasteiger partial charge in [-0.15, -0.1) is 0 Å². The number of nitro benzene ring substituents is 2. The molecule has 0 spiro atoms. The molecule has 6 nitrogen and oxygen atoms in total. The van der Waals surface area contributed by atoms with Crippen LogP contribution in [-0.4, -0.2) is 9.85 Å². The molecule has 0 fully saturated rings. The molecule has 0 atom stereocenters. The number of nitro groups is 2. The Bertz CT molecular complexity index is 1420. The number of hydrogen-bond donors (Lipinski definition) is 0. The topological polar surface area (TPSA) is 86.3 Å². The molecule has 0 saturated carbocycles. The van der Waals surface area contributed by atoms with Crippen LogP contribution >= 0.6 is 46.4 Å². The fourth-order valence-electron chi connectivity index (χ4n) is 3.13. The standard InChI is InChI=1S/2C14H9Cl2NO2/c2*15-12-7-6-11(14(16)9-12)5-4-10-2-1-3-13(8-10)17(18)19/h2*1-9H/b2*5-4+. The van der Waals surface area contributed by atoms with Crippen molar-refractivity contribution < 1.29 is 9.85 Å². The second-order valence-corrected chi connectivity index (χ2v) is 9.39. The minimum absolute atomic E-state index is 0.0596. The van der Waals surface area contributed by atoms with E-state index in [1.54, 1.807) is 85.0 Å². The van der Waals surface area contributed by atoms with Gasteiger partial charge in [0.15, 0.2) is 0 Å². The lowest BCUT2D eigenvalue weighted by molar-refractivity contribution is -0.385. The van der Waals surface area contributed by atoms with Gasteiger partial charge in [-0.3, -0.25) is 20.2 Å². The summed E-state index contributed by atoms with van der Waals surface area (Å²) in [5, 5.41) is 23.5. The number of benzene rings is 4. The Morgan fingerprint density at radius 3 is 1.26 bits per heavy atom.